The van der Waals surface area contributed by atoms with Gasteiger partial charge in [-0.05, 0) is 25.0 Å². The van der Waals surface area contributed by atoms with Gasteiger partial charge in [-0.15, -0.1) is 0 Å². The topological polar surface area (TPSA) is 92.9 Å². The first-order valence-electron chi connectivity index (χ1n) is 5.99. The molecule has 0 atom stereocenters. The number of nitrogen functional groups attached to an aromatic ring is 1. The molecule has 2 rings (SSSR count). The fourth-order valence-corrected chi connectivity index (χ4v) is 1.92. The molecule has 6 nitrogen and oxygen atoms in total. The molecule has 1 aliphatic rings. The normalized spacial score (nSPS) is 13.9. The number of carboxylic acids is 1. The Bertz CT molecular complexity index is 511. The first-order chi connectivity index (χ1) is 9.02. The Morgan fingerprint density at radius 2 is 2.16 bits per heavy atom. The van der Waals surface area contributed by atoms with Gasteiger partial charge in [0.25, 0.3) is 5.91 Å². The molecule has 0 bridgehead atoms. The summed E-state index contributed by atoms with van der Waals surface area (Å²) in [4.78, 5) is 24.5. The molecular formula is C13H16N2O4. The second-order valence-electron chi connectivity index (χ2n) is 4.51. The van der Waals surface area contributed by atoms with E-state index < -0.39 is 5.97 Å². The van der Waals surface area contributed by atoms with E-state index in [1.165, 1.54) is 12.0 Å². The van der Waals surface area contributed by atoms with E-state index in [1.54, 1.807) is 18.2 Å². The molecule has 1 aromatic carbocycles. The highest BCUT2D eigenvalue weighted by Gasteiger charge is 2.34. The van der Waals surface area contributed by atoms with E-state index in [0.29, 0.717) is 17.0 Å². The number of carboxylic acid groups (broad SMARTS) is 1. The van der Waals surface area contributed by atoms with E-state index >= 15 is 0 Å². The third-order valence-corrected chi connectivity index (χ3v) is 3.04. The van der Waals surface area contributed by atoms with Gasteiger partial charge < -0.3 is 20.5 Å². The monoisotopic (exact) mass is 264 g/mol. The third-order valence-electron chi connectivity index (χ3n) is 3.04. The zero-order chi connectivity index (χ0) is 14.0. The summed E-state index contributed by atoms with van der Waals surface area (Å²) in [5, 5.41) is 8.86. The summed E-state index contributed by atoms with van der Waals surface area (Å²) in [7, 11) is 1.51. The van der Waals surface area contributed by atoms with Crippen molar-refractivity contribution in [2.45, 2.75) is 18.9 Å². The van der Waals surface area contributed by atoms with Gasteiger partial charge in [0.05, 0.1) is 12.7 Å². The highest BCUT2D eigenvalue weighted by atomic mass is 16.5. The van der Waals surface area contributed by atoms with Gasteiger partial charge in [0.15, 0.2) is 0 Å². The zero-order valence-electron chi connectivity index (χ0n) is 10.6. The fraction of sp³-hybridized carbons (Fsp3) is 0.385. The maximum absolute atomic E-state index is 12.3. The Kier molecular flexibility index (Phi) is 3.59. The highest BCUT2D eigenvalue weighted by molar-refractivity contribution is 6.00. The maximum atomic E-state index is 12.3. The molecule has 0 heterocycles. The standard InChI is InChI=1S/C13H16N2O4/c1-19-9-4-5-10(11(14)6-9)13(18)15(7-12(16)17)8-2-3-8/h4-6,8H,2-3,7,14H2,1H3,(H,16,17). The van der Waals surface area contributed by atoms with Gasteiger partial charge in [-0.25, -0.2) is 0 Å². The van der Waals surface area contributed by atoms with Gasteiger partial charge in [-0.3, -0.25) is 9.59 Å². The Morgan fingerprint density at radius 1 is 1.47 bits per heavy atom. The average Bonchev–Trinajstić information content (AvgIpc) is 3.19. The lowest BCUT2D eigenvalue weighted by Crippen LogP contribution is -2.37. The summed E-state index contributed by atoms with van der Waals surface area (Å²) >= 11 is 0. The molecule has 6 heteroatoms. The van der Waals surface area contributed by atoms with Crippen LogP contribution in [0.15, 0.2) is 18.2 Å². The first kappa shape index (κ1) is 13.2. The van der Waals surface area contributed by atoms with Crippen molar-refractivity contribution in [1.82, 2.24) is 4.90 Å². The Morgan fingerprint density at radius 3 is 2.63 bits per heavy atom. The number of ether oxygens (including phenoxy) is 1. The minimum Gasteiger partial charge on any atom is -0.497 e. The molecule has 1 saturated carbocycles. The number of amides is 1. The number of carbonyl (C=O) groups excluding carboxylic acids is 1. The summed E-state index contributed by atoms with van der Waals surface area (Å²) in [5.41, 5.74) is 6.42. The van der Waals surface area contributed by atoms with Crippen LogP contribution in [0.3, 0.4) is 0 Å². The summed E-state index contributed by atoms with van der Waals surface area (Å²) in [6, 6.07) is 4.77. The first-order valence-corrected chi connectivity index (χ1v) is 5.99. The SMILES string of the molecule is COc1ccc(C(=O)N(CC(=O)O)C2CC2)c(N)c1. The molecule has 3 N–H and O–H groups in total. The smallest absolute Gasteiger partial charge is 0.323 e. The summed E-state index contributed by atoms with van der Waals surface area (Å²) in [5.74, 6) is -0.803. The average molecular weight is 264 g/mol. The molecule has 0 radical (unpaired) electrons. The number of nitrogens with two attached hydrogens (primary N) is 1. The molecule has 0 aliphatic heterocycles. The van der Waals surface area contributed by atoms with E-state index in [-0.39, 0.29) is 18.5 Å². The predicted molar refractivity (Wildman–Crippen MR) is 69.1 cm³/mol. The van der Waals surface area contributed by atoms with Gasteiger partial charge in [-0.1, -0.05) is 0 Å². The van der Waals surface area contributed by atoms with Crippen molar-refractivity contribution in [3.63, 3.8) is 0 Å². The molecular weight excluding hydrogens is 248 g/mol. The van der Waals surface area contributed by atoms with Crippen LogP contribution < -0.4 is 10.5 Å². The van der Waals surface area contributed by atoms with E-state index in [1.807, 2.05) is 0 Å². The molecule has 0 saturated heterocycles. The van der Waals surface area contributed by atoms with Crippen LogP contribution in [-0.4, -0.2) is 41.6 Å². The number of hydrogen-bond acceptors (Lipinski definition) is 4. The van der Waals surface area contributed by atoms with Gasteiger partial charge in [0.2, 0.25) is 0 Å². The van der Waals surface area contributed by atoms with Crippen LogP contribution >= 0.6 is 0 Å². The fourth-order valence-electron chi connectivity index (χ4n) is 1.92. The van der Waals surface area contributed by atoms with Gasteiger partial charge >= 0.3 is 5.97 Å². The molecule has 1 aromatic rings. The van der Waals surface area contributed by atoms with Gasteiger partial charge in [-0.2, -0.15) is 0 Å². The van der Waals surface area contributed by atoms with Crippen molar-refractivity contribution in [3.8, 4) is 5.75 Å². The molecule has 102 valence electrons. The molecule has 19 heavy (non-hydrogen) atoms. The number of hydrogen-bond donors (Lipinski definition) is 2. The second-order valence-corrected chi connectivity index (χ2v) is 4.51. The van der Waals surface area contributed by atoms with Crippen LogP contribution in [0, 0.1) is 0 Å². The minimum atomic E-state index is -1.02. The number of anilines is 1. The number of nitrogens with zero attached hydrogens (tertiary/aromatic N) is 1. The zero-order valence-corrected chi connectivity index (χ0v) is 10.6. The maximum Gasteiger partial charge on any atom is 0.323 e. The van der Waals surface area contributed by atoms with Crippen molar-refractivity contribution in [2.24, 2.45) is 0 Å². The van der Waals surface area contributed by atoms with Crippen LogP contribution in [-0.2, 0) is 4.79 Å². The lowest BCUT2D eigenvalue weighted by molar-refractivity contribution is -0.137. The molecule has 0 aromatic heterocycles. The number of benzene rings is 1. The molecule has 1 fully saturated rings. The lowest BCUT2D eigenvalue weighted by Gasteiger charge is -2.21. The highest BCUT2D eigenvalue weighted by Crippen LogP contribution is 2.30. The van der Waals surface area contributed by atoms with E-state index in [2.05, 4.69) is 0 Å². The summed E-state index contributed by atoms with van der Waals surface area (Å²) < 4.78 is 5.02. The summed E-state index contributed by atoms with van der Waals surface area (Å²) in [6.07, 6.45) is 1.68. The Labute approximate surface area is 110 Å². The van der Waals surface area contributed by atoms with Crippen LogP contribution in [0.5, 0.6) is 5.75 Å². The van der Waals surface area contributed by atoms with Crippen molar-refractivity contribution in [2.75, 3.05) is 19.4 Å². The van der Waals surface area contributed by atoms with Crippen molar-refractivity contribution in [1.29, 1.82) is 0 Å². The molecule has 0 spiro atoms. The molecule has 1 aliphatic carbocycles. The van der Waals surface area contributed by atoms with Crippen molar-refractivity contribution < 1.29 is 19.4 Å². The summed E-state index contributed by atoms with van der Waals surface area (Å²) in [6.45, 7) is -0.297. The molecule has 0 unspecified atom stereocenters. The third kappa shape index (κ3) is 2.96. The van der Waals surface area contributed by atoms with Gasteiger partial charge in [0.1, 0.15) is 12.3 Å². The van der Waals surface area contributed by atoms with E-state index in [4.69, 9.17) is 15.6 Å². The quantitative estimate of drug-likeness (QED) is 0.773. The van der Waals surface area contributed by atoms with Crippen molar-refractivity contribution in [3.05, 3.63) is 23.8 Å². The predicted octanol–water partition coefficient (Wildman–Crippen LogP) is 0.967. The largest absolute Gasteiger partial charge is 0.497 e. The minimum absolute atomic E-state index is 0.0186. The number of carbonyl (C=O) groups is 2. The van der Waals surface area contributed by atoms with Crippen LogP contribution in [0.1, 0.15) is 23.2 Å². The van der Waals surface area contributed by atoms with Crippen molar-refractivity contribution >= 4 is 17.6 Å². The Hall–Kier alpha value is -2.24. The second kappa shape index (κ2) is 5.17. The Balaban J connectivity index is 2.23. The lowest BCUT2D eigenvalue weighted by atomic mass is 10.1. The van der Waals surface area contributed by atoms with Gasteiger partial charge in [0, 0.05) is 17.8 Å². The van der Waals surface area contributed by atoms with Crippen LogP contribution in [0.4, 0.5) is 5.69 Å². The van der Waals surface area contributed by atoms with Crippen LogP contribution in [0.25, 0.3) is 0 Å². The van der Waals surface area contributed by atoms with Crippen LogP contribution in [0.2, 0.25) is 0 Å². The molecule has 1 amide bonds. The number of aliphatic carboxylic acids is 1. The number of rotatable bonds is 5. The van der Waals surface area contributed by atoms with E-state index in [0.717, 1.165) is 12.8 Å². The number of methoxy groups -OCH3 is 1. The van der Waals surface area contributed by atoms with E-state index in [9.17, 15) is 9.59 Å².